The van der Waals surface area contributed by atoms with Crippen molar-refractivity contribution in [2.45, 2.75) is 52.0 Å². The number of nitrogens with one attached hydrogen (secondary N) is 2. The molecule has 1 aromatic rings. The highest BCUT2D eigenvalue weighted by Crippen LogP contribution is 2.30. The molecule has 1 aliphatic rings. The maximum absolute atomic E-state index is 3.65. The third-order valence-corrected chi connectivity index (χ3v) is 3.37. The maximum atomic E-state index is 3.65. The van der Waals surface area contributed by atoms with Gasteiger partial charge < -0.3 is 10.3 Å². The molecule has 2 N–H and O–H groups in total. The highest BCUT2D eigenvalue weighted by Gasteiger charge is 2.20. The summed E-state index contributed by atoms with van der Waals surface area (Å²) in [4.78, 5) is 3.65. The lowest BCUT2D eigenvalue weighted by Crippen LogP contribution is -2.10. The third kappa shape index (κ3) is 1.96. The van der Waals surface area contributed by atoms with Gasteiger partial charge in [-0.3, -0.25) is 0 Å². The fourth-order valence-corrected chi connectivity index (χ4v) is 2.65. The molecule has 15 heavy (non-hydrogen) atoms. The van der Waals surface area contributed by atoms with Crippen LogP contribution in [0.15, 0.2) is 0 Å². The molecule has 0 fully saturated rings. The first-order valence-electron chi connectivity index (χ1n) is 6.11. The van der Waals surface area contributed by atoms with Gasteiger partial charge in [0.15, 0.2) is 0 Å². The number of hydrogen-bond donors (Lipinski definition) is 2. The van der Waals surface area contributed by atoms with Gasteiger partial charge in [0.1, 0.15) is 0 Å². The maximum Gasteiger partial charge on any atom is 0.0223 e. The number of H-pyrrole nitrogens is 1. The first kappa shape index (κ1) is 10.7. The van der Waals surface area contributed by atoms with Crippen LogP contribution in [0.1, 0.15) is 55.1 Å². The Morgan fingerprint density at radius 2 is 2.00 bits per heavy atom. The Morgan fingerprint density at radius 1 is 1.27 bits per heavy atom. The monoisotopic (exact) mass is 206 g/mol. The zero-order valence-corrected chi connectivity index (χ0v) is 10.1. The van der Waals surface area contributed by atoms with Crippen LogP contribution in [-0.2, 0) is 19.4 Å². The summed E-state index contributed by atoms with van der Waals surface area (Å²) in [6.07, 6.45) is 5.23. The molecular weight excluding hydrogens is 184 g/mol. The fourth-order valence-electron chi connectivity index (χ4n) is 2.65. The lowest BCUT2D eigenvalue weighted by molar-refractivity contribution is 0.669. The van der Waals surface area contributed by atoms with Gasteiger partial charge in [0.25, 0.3) is 0 Å². The minimum atomic E-state index is 0.610. The summed E-state index contributed by atoms with van der Waals surface area (Å²) in [7, 11) is 2.03. The predicted molar refractivity (Wildman–Crippen MR) is 64.3 cm³/mol. The van der Waals surface area contributed by atoms with Crippen molar-refractivity contribution in [3.05, 3.63) is 22.5 Å². The molecule has 84 valence electrons. The second-order valence-electron chi connectivity index (χ2n) is 4.87. The lowest BCUT2D eigenvalue weighted by atomic mass is 9.93. The number of aryl methyl sites for hydroxylation is 1. The van der Waals surface area contributed by atoms with Gasteiger partial charge in [0.05, 0.1) is 0 Å². The zero-order valence-electron chi connectivity index (χ0n) is 10.1. The van der Waals surface area contributed by atoms with Crippen molar-refractivity contribution < 1.29 is 0 Å². The average Bonchev–Trinajstić information content (AvgIpc) is 2.58. The van der Waals surface area contributed by atoms with Crippen LogP contribution in [0.4, 0.5) is 0 Å². The molecule has 2 heteroatoms. The van der Waals surface area contributed by atoms with Crippen LogP contribution in [0.25, 0.3) is 0 Å². The van der Waals surface area contributed by atoms with E-state index in [4.69, 9.17) is 0 Å². The molecule has 0 bridgehead atoms. The van der Waals surface area contributed by atoms with Crippen LogP contribution in [0.2, 0.25) is 0 Å². The van der Waals surface area contributed by atoms with E-state index in [1.54, 1.807) is 11.1 Å². The van der Waals surface area contributed by atoms with E-state index >= 15 is 0 Å². The normalized spacial score (nSPS) is 15.7. The summed E-state index contributed by atoms with van der Waals surface area (Å²) in [5.41, 5.74) is 6.12. The number of aromatic amines is 1. The number of rotatable bonds is 3. The molecule has 2 rings (SSSR count). The second-order valence-corrected chi connectivity index (χ2v) is 4.87. The summed E-state index contributed by atoms with van der Waals surface area (Å²) in [5.74, 6) is 0.610. The van der Waals surface area contributed by atoms with Crippen molar-refractivity contribution in [1.29, 1.82) is 0 Å². The summed E-state index contributed by atoms with van der Waals surface area (Å²) in [6.45, 7) is 5.56. The van der Waals surface area contributed by atoms with E-state index in [1.165, 1.54) is 37.1 Å². The molecular formula is C13H22N2. The Labute approximate surface area is 92.5 Å². The van der Waals surface area contributed by atoms with E-state index in [1.807, 2.05) is 7.05 Å². The first-order chi connectivity index (χ1) is 7.24. The molecule has 2 nitrogen and oxygen atoms in total. The molecule has 0 amide bonds. The molecule has 0 aliphatic heterocycles. The minimum Gasteiger partial charge on any atom is -0.362 e. The van der Waals surface area contributed by atoms with E-state index in [9.17, 15) is 0 Å². The highest BCUT2D eigenvalue weighted by molar-refractivity contribution is 5.40. The molecule has 0 saturated carbocycles. The van der Waals surface area contributed by atoms with Crippen LogP contribution in [0.3, 0.4) is 0 Å². The van der Waals surface area contributed by atoms with Crippen LogP contribution in [0.5, 0.6) is 0 Å². The SMILES string of the molecule is CNCc1c(C(C)C)[nH]c2c1CCCC2. The van der Waals surface area contributed by atoms with Gasteiger partial charge >= 0.3 is 0 Å². The number of fused-ring (bicyclic) bond motifs is 1. The molecule has 0 saturated heterocycles. The first-order valence-corrected chi connectivity index (χ1v) is 6.11. The Bertz CT molecular complexity index is 337. The Hall–Kier alpha value is -0.760. The van der Waals surface area contributed by atoms with Crippen LogP contribution < -0.4 is 5.32 Å². The van der Waals surface area contributed by atoms with Gasteiger partial charge in [0.2, 0.25) is 0 Å². The molecule has 0 radical (unpaired) electrons. The highest BCUT2D eigenvalue weighted by atomic mass is 14.8. The van der Waals surface area contributed by atoms with Gasteiger partial charge in [0, 0.05) is 17.9 Å². The van der Waals surface area contributed by atoms with Crippen molar-refractivity contribution in [1.82, 2.24) is 10.3 Å². The van der Waals surface area contributed by atoms with E-state index < -0.39 is 0 Å². The van der Waals surface area contributed by atoms with E-state index in [-0.39, 0.29) is 0 Å². The lowest BCUT2D eigenvalue weighted by Gasteiger charge is -2.13. The van der Waals surface area contributed by atoms with E-state index in [0.29, 0.717) is 5.92 Å². The van der Waals surface area contributed by atoms with Crippen molar-refractivity contribution in [3.8, 4) is 0 Å². The molecule has 1 aromatic heterocycles. The Kier molecular flexibility index (Phi) is 3.15. The largest absolute Gasteiger partial charge is 0.362 e. The quantitative estimate of drug-likeness (QED) is 0.782. The topological polar surface area (TPSA) is 27.8 Å². The molecule has 0 spiro atoms. The number of aromatic nitrogens is 1. The molecule has 0 atom stereocenters. The average molecular weight is 206 g/mol. The smallest absolute Gasteiger partial charge is 0.0223 e. The van der Waals surface area contributed by atoms with Crippen LogP contribution in [-0.4, -0.2) is 12.0 Å². The second kappa shape index (κ2) is 4.40. The van der Waals surface area contributed by atoms with Gasteiger partial charge in [-0.15, -0.1) is 0 Å². The summed E-state index contributed by atoms with van der Waals surface area (Å²) in [6, 6.07) is 0. The standard InChI is InChI=1S/C13H22N2/c1-9(2)13-11(8-14-3)10-6-4-5-7-12(10)15-13/h9,14-15H,4-8H2,1-3H3. The minimum absolute atomic E-state index is 0.610. The summed E-state index contributed by atoms with van der Waals surface area (Å²) in [5, 5.41) is 3.30. The summed E-state index contributed by atoms with van der Waals surface area (Å²) < 4.78 is 0. The molecule has 0 aromatic carbocycles. The predicted octanol–water partition coefficient (Wildman–Crippen LogP) is 2.74. The van der Waals surface area contributed by atoms with Crippen molar-refractivity contribution in [3.63, 3.8) is 0 Å². The Morgan fingerprint density at radius 3 is 2.67 bits per heavy atom. The van der Waals surface area contributed by atoms with Gasteiger partial charge in [-0.1, -0.05) is 13.8 Å². The van der Waals surface area contributed by atoms with Crippen LogP contribution in [0, 0.1) is 0 Å². The third-order valence-electron chi connectivity index (χ3n) is 3.37. The molecule has 1 aliphatic carbocycles. The van der Waals surface area contributed by atoms with E-state index in [2.05, 4.69) is 24.1 Å². The number of hydrogen-bond acceptors (Lipinski definition) is 1. The van der Waals surface area contributed by atoms with Crippen LogP contribution >= 0.6 is 0 Å². The van der Waals surface area contributed by atoms with Crippen molar-refractivity contribution in [2.75, 3.05) is 7.05 Å². The van der Waals surface area contributed by atoms with Gasteiger partial charge in [-0.2, -0.15) is 0 Å². The van der Waals surface area contributed by atoms with Crippen molar-refractivity contribution in [2.24, 2.45) is 0 Å². The van der Waals surface area contributed by atoms with Crippen molar-refractivity contribution >= 4 is 0 Å². The molecule has 0 unspecified atom stereocenters. The summed E-state index contributed by atoms with van der Waals surface area (Å²) >= 11 is 0. The zero-order chi connectivity index (χ0) is 10.8. The molecule has 1 heterocycles. The van der Waals surface area contributed by atoms with E-state index in [0.717, 1.165) is 6.54 Å². The Balaban J connectivity index is 2.41. The fraction of sp³-hybridized carbons (Fsp3) is 0.692. The van der Waals surface area contributed by atoms with Gasteiger partial charge in [-0.25, -0.2) is 0 Å². The van der Waals surface area contributed by atoms with Gasteiger partial charge in [-0.05, 0) is 49.8 Å².